The summed E-state index contributed by atoms with van der Waals surface area (Å²) < 4.78 is 45.4. The summed E-state index contributed by atoms with van der Waals surface area (Å²) in [5.74, 6) is -0.392. The summed E-state index contributed by atoms with van der Waals surface area (Å²) in [6.07, 6.45) is 9.81. The van der Waals surface area contributed by atoms with Crippen molar-refractivity contribution in [1.82, 2.24) is 34.9 Å². The number of nitrogens with zero attached hydrogens (tertiary/aromatic N) is 7. The minimum atomic E-state index is -3.72. The quantitative estimate of drug-likeness (QED) is 0.0940. The van der Waals surface area contributed by atoms with Crippen LogP contribution in [0.5, 0.6) is 0 Å². The van der Waals surface area contributed by atoms with E-state index in [0.29, 0.717) is 79.1 Å². The minimum Gasteiger partial charge on any atom is -0.371 e. The zero-order valence-electron chi connectivity index (χ0n) is 36.6. The number of hydrogen-bond acceptors (Lipinski definition) is 12. The predicted molar refractivity (Wildman–Crippen MR) is 246 cm³/mol. The van der Waals surface area contributed by atoms with Gasteiger partial charge in [0.05, 0.1) is 50.5 Å². The summed E-state index contributed by atoms with van der Waals surface area (Å²) in [6, 6.07) is 14.4. The van der Waals surface area contributed by atoms with Crippen LogP contribution in [0.1, 0.15) is 89.1 Å². The van der Waals surface area contributed by atoms with Crippen molar-refractivity contribution in [2.75, 3.05) is 46.9 Å². The highest BCUT2D eigenvalue weighted by Gasteiger charge is 2.31. The lowest BCUT2D eigenvalue weighted by Crippen LogP contribution is -2.40. The normalized spacial score (nSPS) is 18.6. The number of hydrogen-bond donors (Lipinski definition) is 3. The number of anilines is 4. The summed E-state index contributed by atoms with van der Waals surface area (Å²) in [7, 11) is -3.72. The molecule has 3 N–H and O–H groups in total. The summed E-state index contributed by atoms with van der Waals surface area (Å²) in [5.41, 5.74) is 3.30. The number of sulfonamides is 1. The van der Waals surface area contributed by atoms with Gasteiger partial charge in [-0.1, -0.05) is 45.9 Å². The number of likely N-dealkylation sites (tertiary alicyclic amines) is 1. The molecule has 2 atom stereocenters. The molecule has 3 fully saturated rings. The summed E-state index contributed by atoms with van der Waals surface area (Å²) in [4.78, 5) is 56.4. The maximum Gasteiger partial charge on any atom is 0.234 e. The molecule has 0 saturated carbocycles. The zero-order chi connectivity index (χ0) is 45.2. The number of benzene rings is 2. The molecule has 3 aromatic heterocycles. The van der Waals surface area contributed by atoms with Gasteiger partial charge in [0.1, 0.15) is 0 Å². The Morgan fingerprint density at radius 3 is 2.48 bits per heavy atom. The van der Waals surface area contributed by atoms with Gasteiger partial charge in [0.2, 0.25) is 33.7 Å². The lowest BCUT2D eigenvalue weighted by Gasteiger charge is -2.32. The largest absolute Gasteiger partial charge is 0.371 e. The fourth-order valence-corrected chi connectivity index (χ4v) is 10.9. The molecule has 3 amide bonds. The lowest BCUT2D eigenvalue weighted by molar-refractivity contribution is -0.135. The van der Waals surface area contributed by atoms with Gasteiger partial charge in [0.15, 0.2) is 5.82 Å². The number of rotatable bonds is 14. The van der Waals surface area contributed by atoms with Crippen molar-refractivity contribution in [3.8, 4) is 21.8 Å². The first-order valence-corrected chi connectivity index (χ1v) is 24.5. The van der Waals surface area contributed by atoms with Crippen LogP contribution < -0.4 is 20.3 Å². The molecule has 0 radical (unpaired) electrons. The SMILES string of the molecule is CCCS(=O)(=O)Nc1cccc(-c2nc(C(C)(C)C)sc2-c2ccnc(Nc3cnn(CC4CCN(C(=O)C[C@H]5CCN(c6ccc([C@@H]7CCC(=O)NC7=O)cc6)C5)CC4)c3)n2)c1F. The number of nitrogens with one attached hydrogen (secondary N) is 3. The van der Waals surface area contributed by atoms with E-state index >= 15 is 4.39 Å². The third-order valence-corrected chi connectivity index (χ3v) is 15.1. The van der Waals surface area contributed by atoms with E-state index < -0.39 is 15.8 Å². The second kappa shape index (κ2) is 18.8. The fourth-order valence-electron chi connectivity index (χ4n) is 8.65. The number of thiazole rings is 1. The van der Waals surface area contributed by atoms with Gasteiger partial charge in [0, 0.05) is 74.6 Å². The van der Waals surface area contributed by atoms with Gasteiger partial charge >= 0.3 is 0 Å². The second-order valence-electron chi connectivity index (χ2n) is 18.1. The molecule has 18 heteroatoms. The monoisotopic (exact) mass is 910 g/mol. The van der Waals surface area contributed by atoms with Crippen LogP contribution >= 0.6 is 11.3 Å². The molecule has 3 saturated heterocycles. The standard InChI is InChI=1S/C46H55FN10O5S2/c1-5-23-64(61,62)54-36-8-6-7-35(40(36)47)41-42(63-44(53-41)46(2,3)4)37-15-19-48-45(51-37)50-32-25-49-57(28-32)27-29-16-20-55(21-17-29)39(59)24-30-18-22-56(26-30)33-11-9-31(10-12-33)34-13-14-38(58)52-43(34)60/h6-12,15,19,25,28-30,34,54H,5,13-14,16-18,20-24,26-27H2,1-4H3,(H,48,50,51)(H,52,58,60)/t30-,34+/m1/s1. The first-order valence-electron chi connectivity index (χ1n) is 22.0. The van der Waals surface area contributed by atoms with Gasteiger partial charge in [-0.05, 0) is 79.8 Å². The van der Waals surface area contributed by atoms with Crippen molar-refractivity contribution in [2.24, 2.45) is 11.8 Å². The number of halogens is 1. The van der Waals surface area contributed by atoms with Crippen LogP contribution in [-0.2, 0) is 36.4 Å². The van der Waals surface area contributed by atoms with E-state index in [9.17, 15) is 22.8 Å². The van der Waals surface area contributed by atoms with Crippen LogP contribution in [0.3, 0.4) is 0 Å². The Balaban J connectivity index is 0.846. The molecule has 6 heterocycles. The number of amides is 3. The van der Waals surface area contributed by atoms with Crippen LogP contribution in [0.2, 0.25) is 0 Å². The maximum atomic E-state index is 16.1. The van der Waals surface area contributed by atoms with Crippen LogP contribution in [0, 0.1) is 17.7 Å². The predicted octanol–water partition coefficient (Wildman–Crippen LogP) is 7.47. The highest BCUT2D eigenvalue weighted by atomic mass is 32.2. The number of carbonyl (C=O) groups excluding carboxylic acids is 3. The van der Waals surface area contributed by atoms with Crippen molar-refractivity contribution >= 4 is 62.1 Å². The van der Waals surface area contributed by atoms with Gasteiger partial charge < -0.3 is 15.1 Å². The molecule has 0 spiro atoms. The van der Waals surface area contributed by atoms with Crippen LogP contribution in [0.25, 0.3) is 21.8 Å². The Morgan fingerprint density at radius 1 is 0.984 bits per heavy atom. The van der Waals surface area contributed by atoms with E-state index in [-0.39, 0.29) is 52.0 Å². The third kappa shape index (κ3) is 10.4. The molecule has 64 heavy (non-hydrogen) atoms. The lowest BCUT2D eigenvalue weighted by atomic mass is 9.90. The van der Waals surface area contributed by atoms with E-state index in [0.717, 1.165) is 48.6 Å². The topological polar surface area (TPSA) is 184 Å². The molecule has 5 aromatic rings. The Bertz CT molecular complexity index is 2620. The van der Waals surface area contributed by atoms with Gasteiger partial charge in [-0.15, -0.1) is 11.3 Å². The van der Waals surface area contributed by atoms with Crippen molar-refractivity contribution in [2.45, 2.75) is 90.5 Å². The fraction of sp³-hybridized carbons (Fsp3) is 0.457. The second-order valence-corrected chi connectivity index (χ2v) is 20.9. The number of carbonyl (C=O) groups is 3. The molecule has 15 nitrogen and oxygen atoms in total. The molecule has 3 aliphatic rings. The Labute approximate surface area is 377 Å². The van der Waals surface area contributed by atoms with E-state index in [1.54, 1.807) is 37.5 Å². The highest BCUT2D eigenvalue weighted by Crippen LogP contribution is 2.42. The van der Waals surface area contributed by atoms with E-state index in [1.165, 1.54) is 17.4 Å². The van der Waals surface area contributed by atoms with Gasteiger partial charge in [-0.25, -0.2) is 27.8 Å². The first-order chi connectivity index (χ1) is 30.6. The smallest absolute Gasteiger partial charge is 0.234 e. The van der Waals surface area contributed by atoms with E-state index in [1.807, 2.05) is 60.8 Å². The summed E-state index contributed by atoms with van der Waals surface area (Å²) in [5, 5.41) is 11.1. The molecule has 0 aliphatic carbocycles. The van der Waals surface area contributed by atoms with E-state index in [4.69, 9.17) is 9.97 Å². The van der Waals surface area contributed by atoms with Crippen LogP contribution in [-0.4, -0.2) is 87.7 Å². The van der Waals surface area contributed by atoms with Gasteiger partial charge in [0.25, 0.3) is 0 Å². The van der Waals surface area contributed by atoms with Crippen molar-refractivity contribution < 1.29 is 27.2 Å². The Morgan fingerprint density at radius 2 is 1.75 bits per heavy atom. The van der Waals surface area contributed by atoms with E-state index in [2.05, 4.69) is 30.3 Å². The van der Waals surface area contributed by atoms with Crippen LogP contribution in [0.4, 0.5) is 27.4 Å². The average molecular weight is 911 g/mol. The Hall–Kier alpha value is -5.75. The number of imide groups is 1. The maximum absolute atomic E-state index is 16.1. The first kappa shape index (κ1) is 44.8. The highest BCUT2D eigenvalue weighted by molar-refractivity contribution is 7.92. The summed E-state index contributed by atoms with van der Waals surface area (Å²) in [6.45, 7) is 11.7. The minimum absolute atomic E-state index is 0.122. The molecule has 0 unspecified atom stereocenters. The molecule has 0 bridgehead atoms. The van der Waals surface area contributed by atoms with Gasteiger partial charge in [-0.2, -0.15) is 5.10 Å². The molecular formula is C46H55FN10O5S2. The van der Waals surface area contributed by atoms with Crippen LogP contribution in [0.15, 0.2) is 67.1 Å². The third-order valence-electron chi connectivity index (χ3n) is 12.1. The zero-order valence-corrected chi connectivity index (χ0v) is 38.3. The van der Waals surface area contributed by atoms with Gasteiger partial charge in [-0.3, -0.25) is 29.1 Å². The average Bonchev–Trinajstić information content (AvgIpc) is 4.03. The molecule has 8 rings (SSSR count). The number of piperidine rings is 2. The Kier molecular flexibility index (Phi) is 13.1. The van der Waals surface area contributed by atoms with Crippen molar-refractivity contribution in [1.29, 1.82) is 0 Å². The summed E-state index contributed by atoms with van der Waals surface area (Å²) >= 11 is 1.41. The van der Waals surface area contributed by atoms with Crippen molar-refractivity contribution in [3.05, 3.63) is 83.5 Å². The van der Waals surface area contributed by atoms with Crippen molar-refractivity contribution in [3.63, 3.8) is 0 Å². The number of aromatic nitrogens is 5. The molecule has 3 aliphatic heterocycles. The molecule has 338 valence electrons. The molecular weight excluding hydrogens is 856 g/mol. The molecule has 2 aromatic carbocycles.